The maximum atomic E-state index is 13.1. The van der Waals surface area contributed by atoms with E-state index in [4.69, 9.17) is 15.9 Å². The second-order valence-corrected chi connectivity index (χ2v) is 8.01. The Bertz CT molecular complexity index is 867. The quantitative estimate of drug-likeness (QED) is 0.241. The lowest BCUT2D eigenvalue weighted by Crippen LogP contribution is -2.53. The maximum Gasteiger partial charge on any atom is 0.288 e. The number of alkyl halides is 4. The zero-order valence-corrected chi connectivity index (χ0v) is 17.3. The number of halogens is 4. The number of carbonyl (C=O) groups is 2. The monoisotopic (exact) mass is 458 g/mol. The van der Waals surface area contributed by atoms with Crippen molar-refractivity contribution in [2.75, 3.05) is 0 Å². The smallest absolute Gasteiger partial charge is 0.288 e. The summed E-state index contributed by atoms with van der Waals surface area (Å²) in [5.41, 5.74) is 6.33. The minimum Gasteiger partial charge on any atom is -0.453 e. The number of hydrogen-bond donors (Lipinski definition) is 3. The van der Waals surface area contributed by atoms with Gasteiger partial charge in [-0.05, 0) is 30.5 Å². The predicted molar refractivity (Wildman–Crippen MR) is 108 cm³/mol. The molecule has 0 spiro atoms. The molecule has 1 aliphatic heterocycles. The SMILES string of the molecule is N=C(OC(N)C(F)F)c1ccc2c(c1)C(=O)N(C1CCCC[C@H]1NC(=O)CCC(F)F)C2. The number of fused-ring (bicyclic) bond motifs is 1. The molecule has 7 nitrogen and oxygen atoms in total. The molecule has 1 fully saturated rings. The number of carbonyl (C=O) groups excluding carboxylic acids is 2. The van der Waals surface area contributed by atoms with Crippen molar-refractivity contribution in [1.82, 2.24) is 10.2 Å². The number of nitrogens with two attached hydrogens (primary N) is 1. The number of ether oxygens (including phenoxy) is 1. The molecule has 2 unspecified atom stereocenters. The van der Waals surface area contributed by atoms with Crippen LogP contribution in [0, 0.1) is 5.41 Å². The molecule has 176 valence electrons. The Morgan fingerprint density at radius 2 is 1.97 bits per heavy atom. The largest absolute Gasteiger partial charge is 0.453 e. The van der Waals surface area contributed by atoms with Crippen LogP contribution in [-0.4, -0.2) is 53.8 Å². The van der Waals surface area contributed by atoms with Gasteiger partial charge in [0.05, 0.1) is 6.04 Å². The molecule has 2 aliphatic rings. The van der Waals surface area contributed by atoms with E-state index in [0.717, 1.165) is 12.8 Å². The Labute approximate surface area is 182 Å². The van der Waals surface area contributed by atoms with E-state index in [1.54, 1.807) is 11.0 Å². The first-order chi connectivity index (χ1) is 15.2. The van der Waals surface area contributed by atoms with Crippen molar-refractivity contribution < 1.29 is 31.9 Å². The summed E-state index contributed by atoms with van der Waals surface area (Å²) in [4.78, 5) is 26.8. The molecule has 0 bridgehead atoms. The normalized spacial score (nSPS) is 21.6. The van der Waals surface area contributed by atoms with Gasteiger partial charge < -0.3 is 15.0 Å². The molecule has 1 saturated carbocycles. The molecule has 4 N–H and O–H groups in total. The van der Waals surface area contributed by atoms with Gasteiger partial charge in [0.1, 0.15) is 0 Å². The molecule has 1 aromatic rings. The molecule has 2 amide bonds. The summed E-state index contributed by atoms with van der Waals surface area (Å²) in [6.07, 6.45) is -5.22. The van der Waals surface area contributed by atoms with E-state index in [9.17, 15) is 27.2 Å². The fourth-order valence-electron chi connectivity index (χ4n) is 4.16. The van der Waals surface area contributed by atoms with Gasteiger partial charge in [-0.1, -0.05) is 18.9 Å². The molecule has 32 heavy (non-hydrogen) atoms. The van der Waals surface area contributed by atoms with Crippen LogP contribution in [0.1, 0.15) is 60.0 Å². The van der Waals surface area contributed by atoms with Crippen molar-refractivity contribution in [2.45, 2.75) is 76.2 Å². The third kappa shape index (κ3) is 5.56. The summed E-state index contributed by atoms with van der Waals surface area (Å²) in [7, 11) is 0. The highest BCUT2D eigenvalue weighted by atomic mass is 19.3. The van der Waals surface area contributed by atoms with Gasteiger partial charge in [0, 0.05) is 36.6 Å². The van der Waals surface area contributed by atoms with Crippen LogP contribution < -0.4 is 11.1 Å². The summed E-state index contributed by atoms with van der Waals surface area (Å²) >= 11 is 0. The number of benzene rings is 1. The summed E-state index contributed by atoms with van der Waals surface area (Å²) in [5, 5.41) is 10.7. The van der Waals surface area contributed by atoms with Crippen LogP contribution in [0.15, 0.2) is 18.2 Å². The van der Waals surface area contributed by atoms with Crippen LogP contribution in [0.2, 0.25) is 0 Å². The number of amides is 2. The molecule has 1 aromatic carbocycles. The fourth-order valence-corrected chi connectivity index (χ4v) is 4.16. The van der Waals surface area contributed by atoms with Gasteiger partial charge in [0.25, 0.3) is 12.3 Å². The molecule has 11 heteroatoms. The average molecular weight is 458 g/mol. The van der Waals surface area contributed by atoms with Crippen LogP contribution >= 0.6 is 0 Å². The first-order valence-electron chi connectivity index (χ1n) is 10.5. The van der Waals surface area contributed by atoms with Crippen molar-refractivity contribution >= 4 is 17.7 Å². The Morgan fingerprint density at radius 1 is 1.25 bits per heavy atom. The summed E-state index contributed by atoms with van der Waals surface area (Å²) in [6.45, 7) is 0.299. The number of hydrogen-bond acceptors (Lipinski definition) is 5. The van der Waals surface area contributed by atoms with Crippen molar-refractivity contribution in [3.8, 4) is 0 Å². The van der Waals surface area contributed by atoms with Gasteiger partial charge in [-0.2, -0.15) is 0 Å². The van der Waals surface area contributed by atoms with Crippen LogP contribution in [0.3, 0.4) is 0 Å². The summed E-state index contributed by atoms with van der Waals surface area (Å²) in [5.74, 6) is -1.32. The van der Waals surface area contributed by atoms with E-state index in [1.807, 2.05) is 0 Å². The zero-order valence-electron chi connectivity index (χ0n) is 17.3. The van der Waals surface area contributed by atoms with Gasteiger partial charge in [-0.3, -0.25) is 20.7 Å². The highest BCUT2D eigenvalue weighted by Gasteiger charge is 2.38. The number of nitrogens with one attached hydrogen (secondary N) is 2. The van der Waals surface area contributed by atoms with E-state index >= 15 is 0 Å². The third-order valence-corrected chi connectivity index (χ3v) is 5.77. The molecule has 1 aliphatic carbocycles. The first kappa shape index (κ1) is 24.0. The number of rotatable bonds is 8. The Balaban J connectivity index is 1.70. The van der Waals surface area contributed by atoms with Gasteiger partial charge in [0.2, 0.25) is 24.5 Å². The fraction of sp³-hybridized carbons (Fsp3) is 0.571. The van der Waals surface area contributed by atoms with Gasteiger partial charge >= 0.3 is 0 Å². The van der Waals surface area contributed by atoms with Crippen molar-refractivity contribution in [3.05, 3.63) is 34.9 Å². The molecule has 0 aromatic heterocycles. The van der Waals surface area contributed by atoms with E-state index in [1.165, 1.54) is 12.1 Å². The van der Waals surface area contributed by atoms with E-state index in [0.29, 0.717) is 30.5 Å². The highest BCUT2D eigenvalue weighted by Crippen LogP contribution is 2.32. The lowest BCUT2D eigenvalue weighted by atomic mass is 9.89. The summed E-state index contributed by atoms with van der Waals surface area (Å²) < 4.78 is 54.7. The lowest BCUT2D eigenvalue weighted by molar-refractivity contribution is -0.123. The molecule has 3 atom stereocenters. The molecule has 3 rings (SSSR count). The topological polar surface area (TPSA) is 109 Å². The van der Waals surface area contributed by atoms with E-state index < -0.39 is 37.3 Å². The lowest BCUT2D eigenvalue weighted by Gasteiger charge is -2.38. The minimum absolute atomic E-state index is 0.149. The standard InChI is InChI=1S/C21H26F4N4O3/c22-16(23)7-8-17(30)28-14-3-1-2-4-15(14)29-10-12-6-5-11(9-13(12)21(29)31)19(26)32-20(27)18(24)25/h5-6,9,14-16,18,20,26H,1-4,7-8,10,27H2,(H,28,30)/t14-,15?,20?/m1/s1. The van der Waals surface area contributed by atoms with Crippen molar-refractivity contribution in [1.29, 1.82) is 5.41 Å². The molecule has 0 saturated heterocycles. The second-order valence-electron chi connectivity index (χ2n) is 8.01. The Hall–Kier alpha value is -2.69. The van der Waals surface area contributed by atoms with Gasteiger partial charge in [-0.15, -0.1) is 0 Å². The number of nitrogens with zero attached hydrogens (tertiary/aromatic N) is 1. The van der Waals surface area contributed by atoms with Crippen molar-refractivity contribution in [3.63, 3.8) is 0 Å². The van der Waals surface area contributed by atoms with Crippen LogP contribution in [0.4, 0.5) is 17.6 Å². The third-order valence-electron chi connectivity index (χ3n) is 5.77. The molecule has 0 radical (unpaired) electrons. The minimum atomic E-state index is -2.96. The predicted octanol–water partition coefficient (Wildman–Crippen LogP) is 3.01. The van der Waals surface area contributed by atoms with Crippen LogP contribution in [0.25, 0.3) is 0 Å². The molecule has 1 heterocycles. The highest BCUT2D eigenvalue weighted by molar-refractivity contribution is 6.02. The van der Waals surface area contributed by atoms with Gasteiger partial charge in [-0.25, -0.2) is 17.6 Å². The Morgan fingerprint density at radius 3 is 2.66 bits per heavy atom. The average Bonchev–Trinajstić information content (AvgIpc) is 3.08. The zero-order chi connectivity index (χ0) is 23.4. The Kier molecular flexibility index (Phi) is 7.70. The first-order valence-corrected chi connectivity index (χ1v) is 10.5. The second kappa shape index (κ2) is 10.3. The van der Waals surface area contributed by atoms with Crippen LogP contribution in [-0.2, 0) is 16.1 Å². The maximum absolute atomic E-state index is 13.1. The molecular weight excluding hydrogens is 432 g/mol. The van der Waals surface area contributed by atoms with E-state index in [-0.39, 0.29) is 30.0 Å². The summed E-state index contributed by atoms with van der Waals surface area (Å²) in [6, 6.07) is 3.92. The van der Waals surface area contributed by atoms with E-state index in [2.05, 4.69) is 5.32 Å². The molecular formula is C21H26F4N4O3. The van der Waals surface area contributed by atoms with Gasteiger partial charge in [0.15, 0.2) is 0 Å². The van der Waals surface area contributed by atoms with Crippen LogP contribution in [0.5, 0.6) is 0 Å². The van der Waals surface area contributed by atoms with Crippen molar-refractivity contribution in [2.24, 2.45) is 5.73 Å².